The zero-order chi connectivity index (χ0) is 17.9. The molecule has 146 valence electrons. The van der Waals surface area contributed by atoms with Gasteiger partial charge in [0.05, 0.1) is 0 Å². The minimum absolute atomic E-state index is 1.03. The molecule has 0 bridgehead atoms. The number of rotatable bonds is 19. The lowest BCUT2D eigenvalue weighted by molar-refractivity contribution is 0.238. The number of unbranched alkanes of at least 4 members (excludes halogenated alkanes) is 10. The molecule has 0 aromatic heterocycles. The molecule has 0 aliphatic rings. The van der Waals surface area contributed by atoms with Crippen LogP contribution in [0, 0.1) is 11.8 Å². The molecule has 0 aromatic carbocycles. The van der Waals surface area contributed by atoms with Crippen molar-refractivity contribution >= 4 is 0 Å². The van der Waals surface area contributed by atoms with Crippen molar-refractivity contribution < 1.29 is 0 Å². The molecule has 24 heavy (non-hydrogen) atoms. The monoisotopic (exact) mass is 338 g/mol. The van der Waals surface area contributed by atoms with E-state index in [4.69, 9.17) is 0 Å². The Labute approximate surface area is 155 Å². The molecular weight excluding hydrogens is 288 g/mol. The molecule has 0 aliphatic heterocycles. The molecule has 0 amide bonds. The quantitative estimate of drug-likeness (QED) is 0.206. The molecule has 0 N–H and O–H groups in total. The van der Waals surface area contributed by atoms with E-state index < -0.39 is 0 Å². The van der Waals surface area contributed by atoms with E-state index in [1.54, 1.807) is 0 Å². The van der Waals surface area contributed by atoms with E-state index in [0.717, 1.165) is 11.8 Å². The molecule has 0 aromatic rings. The van der Waals surface area contributed by atoms with E-state index in [1.165, 1.54) is 116 Å². The van der Waals surface area contributed by atoms with Crippen LogP contribution in [0.15, 0.2) is 0 Å². The highest BCUT2D eigenvalue weighted by atomic mass is 14.3. The summed E-state index contributed by atoms with van der Waals surface area (Å²) in [6.45, 7) is 9.37. The Balaban J connectivity index is 4.42. The summed E-state index contributed by atoms with van der Waals surface area (Å²) in [5, 5.41) is 0. The summed E-state index contributed by atoms with van der Waals surface area (Å²) in [7, 11) is 0. The molecule has 0 nitrogen and oxygen atoms in total. The van der Waals surface area contributed by atoms with Crippen LogP contribution in [-0.4, -0.2) is 0 Å². The highest BCUT2D eigenvalue weighted by Crippen LogP contribution is 2.33. The van der Waals surface area contributed by atoms with Crippen molar-refractivity contribution in [1.29, 1.82) is 0 Å². The van der Waals surface area contributed by atoms with Crippen LogP contribution in [0.5, 0.6) is 0 Å². The third-order valence-corrected chi connectivity index (χ3v) is 5.88. The first kappa shape index (κ1) is 24.0. The molecule has 0 aliphatic carbocycles. The van der Waals surface area contributed by atoms with Gasteiger partial charge in [-0.3, -0.25) is 0 Å². The zero-order valence-electron chi connectivity index (χ0n) is 17.9. The van der Waals surface area contributed by atoms with Crippen LogP contribution >= 0.6 is 0 Å². The zero-order valence-corrected chi connectivity index (χ0v) is 17.9. The summed E-state index contributed by atoms with van der Waals surface area (Å²) in [5.74, 6) is 2.07. The van der Waals surface area contributed by atoms with Gasteiger partial charge in [-0.15, -0.1) is 0 Å². The van der Waals surface area contributed by atoms with Gasteiger partial charge in [0.1, 0.15) is 0 Å². The van der Waals surface area contributed by atoms with Crippen LogP contribution in [0.1, 0.15) is 143 Å². The molecule has 0 spiro atoms. The topological polar surface area (TPSA) is 0 Å². The Morgan fingerprint density at radius 1 is 0.333 bits per heavy atom. The Kier molecular flexibility index (Phi) is 19.3. The van der Waals surface area contributed by atoms with Crippen molar-refractivity contribution in [2.24, 2.45) is 11.8 Å². The van der Waals surface area contributed by atoms with Gasteiger partial charge in [0.2, 0.25) is 0 Å². The third-order valence-electron chi connectivity index (χ3n) is 5.88. The van der Waals surface area contributed by atoms with Crippen molar-refractivity contribution in [2.75, 3.05) is 0 Å². The Morgan fingerprint density at radius 2 is 0.625 bits per heavy atom. The summed E-state index contributed by atoms with van der Waals surface area (Å²) in [6, 6.07) is 0. The molecule has 0 heteroatoms. The standard InChI is InChI=1S/C24H50/c1-5-9-13-16-20-23(19-12-8-4)24(21-17-14-10-6-2)22-18-15-11-7-3/h23-24H,5-22H2,1-4H3. The highest BCUT2D eigenvalue weighted by molar-refractivity contribution is 4.72. The maximum absolute atomic E-state index is 2.37. The summed E-state index contributed by atoms with van der Waals surface area (Å²) in [4.78, 5) is 0. The van der Waals surface area contributed by atoms with E-state index >= 15 is 0 Å². The predicted molar refractivity (Wildman–Crippen MR) is 113 cm³/mol. The van der Waals surface area contributed by atoms with Gasteiger partial charge in [-0.2, -0.15) is 0 Å². The fraction of sp³-hybridized carbons (Fsp3) is 1.00. The second-order valence-corrected chi connectivity index (χ2v) is 8.21. The maximum atomic E-state index is 2.37. The first-order valence-electron chi connectivity index (χ1n) is 11.8. The molecular formula is C24H50. The first-order valence-corrected chi connectivity index (χ1v) is 11.8. The van der Waals surface area contributed by atoms with Crippen LogP contribution in [0.25, 0.3) is 0 Å². The van der Waals surface area contributed by atoms with Crippen LogP contribution in [0.4, 0.5) is 0 Å². The van der Waals surface area contributed by atoms with Gasteiger partial charge in [-0.25, -0.2) is 0 Å². The maximum Gasteiger partial charge on any atom is -0.0386 e. The third kappa shape index (κ3) is 14.4. The molecule has 0 saturated heterocycles. The van der Waals surface area contributed by atoms with Gasteiger partial charge >= 0.3 is 0 Å². The second-order valence-electron chi connectivity index (χ2n) is 8.21. The summed E-state index contributed by atoms with van der Waals surface area (Å²) in [6.07, 6.45) is 26.2. The van der Waals surface area contributed by atoms with Crippen molar-refractivity contribution in [3.8, 4) is 0 Å². The normalized spacial score (nSPS) is 12.9. The van der Waals surface area contributed by atoms with Gasteiger partial charge in [-0.05, 0) is 11.8 Å². The fourth-order valence-electron chi connectivity index (χ4n) is 4.20. The van der Waals surface area contributed by atoms with Gasteiger partial charge in [0.15, 0.2) is 0 Å². The second kappa shape index (κ2) is 19.3. The lowest BCUT2D eigenvalue weighted by atomic mass is 9.78. The van der Waals surface area contributed by atoms with Crippen LogP contribution in [-0.2, 0) is 0 Å². The van der Waals surface area contributed by atoms with Crippen LogP contribution < -0.4 is 0 Å². The highest BCUT2D eigenvalue weighted by Gasteiger charge is 2.20. The van der Waals surface area contributed by atoms with E-state index in [0.29, 0.717) is 0 Å². The molecule has 0 radical (unpaired) electrons. The molecule has 0 saturated carbocycles. The largest absolute Gasteiger partial charge is 0.0654 e. The van der Waals surface area contributed by atoms with Gasteiger partial charge in [0, 0.05) is 0 Å². The molecule has 0 rings (SSSR count). The van der Waals surface area contributed by atoms with Crippen molar-refractivity contribution in [3.05, 3.63) is 0 Å². The van der Waals surface area contributed by atoms with Crippen molar-refractivity contribution in [1.82, 2.24) is 0 Å². The SMILES string of the molecule is CCCCCCC(CCCC)C(CCCCCC)CCCCCC. The number of hydrogen-bond acceptors (Lipinski definition) is 0. The smallest absolute Gasteiger partial charge is 0.0386 e. The van der Waals surface area contributed by atoms with Crippen molar-refractivity contribution in [3.63, 3.8) is 0 Å². The average Bonchev–Trinajstić information content (AvgIpc) is 2.60. The van der Waals surface area contributed by atoms with E-state index in [1.807, 2.05) is 0 Å². The molecule has 1 atom stereocenters. The van der Waals surface area contributed by atoms with Gasteiger partial charge in [0.25, 0.3) is 0 Å². The number of hydrogen-bond donors (Lipinski definition) is 0. The average molecular weight is 339 g/mol. The minimum Gasteiger partial charge on any atom is -0.0654 e. The van der Waals surface area contributed by atoms with Crippen molar-refractivity contribution in [2.45, 2.75) is 143 Å². The lowest BCUT2D eigenvalue weighted by Gasteiger charge is -2.28. The summed E-state index contributed by atoms with van der Waals surface area (Å²) >= 11 is 0. The fourth-order valence-corrected chi connectivity index (χ4v) is 4.20. The van der Waals surface area contributed by atoms with E-state index in [2.05, 4.69) is 27.7 Å². The van der Waals surface area contributed by atoms with E-state index in [-0.39, 0.29) is 0 Å². The van der Waals surface area contributed by atoms with Crippen LogP contribution in [0.2, 0.25) is 0 Å². The minimum atomic E-state index is 1.03. The molecule has 0 heterocycles. The van der Waals surface area contributed by atoms with Gasteiger partial charge < -0.3 is 0 Å². The Morgan fingerprint density at radius 3 is 0.917 bits per heavy atom. The first-order chi connectivity index (χ1) is 11.8. The van der Waals surface area contributed by atoms with Gasteiger partial charge in [-0.1, -0.05) is 143 Å². The summed E-state index contributed by atoms with van der Waals surface area (Å²) < 4.78 is 0. The van der Waals surface area contributed by atoms with Crippen LogP contribution in [0.3, 0.4) is 0 Å². The Hall–Kier alpha value is 0. The van der Waals surface area contributed by atoms with E-state index in [9.17, 15) is 0 Å². The molecule has 0 fully saturated rings. The predicted octanol–water partition coefficient (Wildman–Crippen LogP) is 9.32. The summed E-state index contributed by atoms with van der Waals surface area (Å²) in [5.41, 5.74) is 0. The Bertz CT molecular complexity index is 208. The lowest BCUT2D eigenvalue weighted by Crippen LogP contribution is -2.16. The molecule has 1 unspecified atom stereocenters.